The number of para-hydroxylation sites is 1. The molecule has 5 nitrogen and oxygen atoms in total. The predicted octanol–water partition coefficient (Wildman–Crippen LogP) is 2.11. The Balaban J connectivity index is 2.02. The third-order valence-corrected chi connectivity index (χ3v) is 3.25. The number of rotatable bonds is 2. The molecule has 2 amide bonds. The molecule has 1 aromatic heterocycles. The van der Waals surface area contributed by atoms with Crippen LogP contribution < -0.4 is 10.2 Å². The summed E-state index contributed by atoms with van der Waals surface area (Å²) >= 11 is 5.09. The van der Waals surface area contributed by atoms with Crippen molar-refractivity contribution < 1.29 is 14.0 Å². The van der Waals surface area contributed by atoms with Crippen molar-refractivity contribution in [3.05, 3.63) is 60.1 Å². The predicted molar refractivity (Wildman–Crippen MR) is 81.4 cm³/mol. The van der Waals surface area contributed by atoms with Gasteiger partial charge in [0.25, 0.3) is 11.8 Å². The average Bonchev–Trinajstić information content (AvgIpc) is 2.97. The summed E-state index contributed by atoms with van der Waals surface area (Å²) in [6.07, 6.45) is 4.39. The number of thiocarbonyl (C=S) groups is 1. The lowest BCUT2D eigenvalue weighted by molar-refractivity contribution is -0.122. The van der Waals surface area contributed by atoms with E-state index in [0.29, 0.717) is 11.3 Å². The maximum absolute atomic E-state index is 12.6. The number of hydrogen-bond donors (Lipinski definition) is 1. The van der Waals surface area contributed by atoms with Gasteiger partial charge in [-0.3, -0.25) is 19.8 Å². The Morgan fingerprint density at radius 3 is 2.57 bits per heavy atom. The number of carbonyl (C=O) groups is 2. The third kappa shape index (κ3) is 2.48. The molecule has 0 radical (unpaired) electrons. The maximum atomic E-state index is 12.6. The zero-order valence-electron chi connectivity index (χ0n) is 10.8. The molecule has 0 saturated carbocycles. The van der Waals surface area contributed by atoms with Gasteiger partial charge in [-0.15, -0.1) is 0 Å². The van der Waals surface area contributed by atoms with Gasteiger partial charge < -0.3 is 4.42 Å². The summed E-state index contributed by atoms with van der Waals surface area (Å²) in [4.78, 5) is 25.8. The number of amides is 2. The van der Waals surface area contributed by atoms with Crippen LogP contribution in [-0.2, 0) is 9.59 Å². The highest BCUT2D eigenvalue weighted by Gasteiger charge is 2.34. The maximum Gasteiger partial charge on any atom is 0.270 e. The van der Waals surface area contributed by atoms with Crippen molar-refractivity contribution in [3.63, 3.8) is 0 Å². The van der Waals surface area contributed by atoms with E-state index in [4.69, 9.17) is 16.6 Å². The molecular weight excluding hydrogens is 288 g/mol. The highest BCUT2D eigenvalue weighted by atomic mass is 32.1. The third-order valence-electron chi connectivity index (χ3n) is 2.97. The van der Waals surface area contributed by atoms with Crippen molar-refractivity contribution in [3.8, 4) is 0 Å². The first-order valence-electron chi connectivity index (χ1n) is 6.15. The zero-order chi connectivity index (χ0) is 14.8. The molecule has 1 aromatic carbocycles. The normalized spacial score (nSPS) is 17.2. The van der Waals surface area contributed by atoms with Gasteiger partial charge in [0.15, 0.2) is 5.11 Å². The minimum atomic E-state index is -0.515. The van der Waals surface area contributed by atoms with Crippen molar-refractivity contribution in [2.75, 3.05) is 4.90 Å². The number of carbonyl (C=O) groups excluding carboxylic acids is 2. The van der Waals surface area contributed by atoms with Gasteiger partial charge >= 0.3 is 0 Å². The first-order valence-corrected chi connectivity index (χ1v) is 6.56. The van der Waals surface area contributed by atoms with Crippen LogP contribution in [-0.4, -0.2) is 16.9 Å². The van der Waals surface area contributed by atoms with Crippen molar-refractivity contribution in [2.45, 2.75) is 0 Å². The van der Waals surface area contributed by atoms with Crippen LogP contribution in [0, 0.1) is 0 Å². The van der Waals surface area contributed by atoms with Crippen LogP contribution in [0.3, 0.4) is 0 Å². The van der Waals surface area contributed by atoms with E-state index in [9.17, 15) is 9.59 Å². The summed E-state index contributed by atoms with van der Waals surface area (Å²) in [5.41, 5.74) is 1.24. The Morgan fingerprint density at radius 1 is 1.14 bits per heavy atom. The Kier molecular flexibility index (Phi) is 3.37. The van der Waals surface area contributed by atoms with E-state index >= 15 is 0 Å². The zero-order valence-corrected chi connectivity index (χ0v) is 11.6. The first-order chi connectivity index (χ1) is 10.2. The van der Waals surface area contributed by atoms with Crippen molar-refractivity contribution in [1.29, 1.82) is 0 Å². The molecule has 2 aromatic rings. The van der Waals surface area contributed by atoms with Crippen molar-refractivity contribution >= 4 is 40.9 Å². The molecule has 21 heavy (non-hydrogen) atoms. The molecule has 6 heteroatoms. The lowest BCUT2D eigenvalue weighted by atomic mass is 10.1. The number of hydrogen-bond acceptors (Lipinski definition) is 4. The average molecular weight is 298 g/mol. The van der Waals surface area contributed by atoms with Crippen LogP contribution >= 0.6 is 12.2 Å². The minimum Gasteiger partial charge on any atom is -0.472 e. The Morgan fingerprint density at radius 2 is 1.90 bits per heavy atom. The van der Waals surface area contributed by atoms with Gasteiger partial charge in [-0.05, 0) is 36.5 Å². The fourth-order valence-electron chi connectivity index (χ4n) is 1.99. The van der Waals surface area contributed by atoms with Crippen LogP contribution in [0.5, 0.6) is 0 Å². The molecule has 0 bridgehead atoms. The lowest BCUT2D eigenvalue weighted by Crippen LogP contribution is -2.54. The molecule has 0 spiro atoms. The van der Waals surface area contributed by atoms with Crippen LogP contribution in [0.15, 0.2) is 58.9 Å². The van der Waals surface area contributed by atoms with Gasteiger partial charge in [0, 0.05) is 5.56 Å². The van der Waals surface area contributed by atoms with E-state index in [2.05, 4.69) is 5.32 Å². The van der Waals surface area contributed by atoms with Crippen LogP contribution in [0.1, 0.15) is 5.56 Å². The van der Waals surface area contributed by atoms with Gasteiger partial charge in [-0.25, -0.2) is 0 Å². The van der Waals surface area contributed by atoms with Gasteiger partial charge in [0.1, 0.15) is 5.57 Å². The van der Waals surface area contributed by atoms with Gasteiger partial charge in [0.05, 0.1) is 18.2 Å². The fourth-order valence-corrected chi connectivity index (χ4v) is 2.27. The van der Waals surface area contributed by atoms with E-state index in [1.807, 2.05) is 6.07 Å². The summed E-state index contributed by atoms with van der Waals surface area (Å²) in [6.45, 7) is 0. The summed E-state index contributed by atoms with van der Waals surface area (Å²) in [5.74, 6) is -0.977. The summed E-state index contributed by atoms with van der Waals surface area (Å²) in [7, 11) is 0. The summed E-state index contributed by atoms with van der Waals surface area (Å²) < 4.78 is 4.93. The van der Waals surface area contributed by atoms with E-state index in [-0.39, 0.29) is 10.7 Å². The van der Waals surface area contributed by atoms with Crippen LogP contribution in [0.4, 0.5) is 5.69 Å². The molecule has 2 heterocycles. The van der Waals surface area contributed by atoms with Gasteiger partial charge in [-0.1, -0.05) is 18.2 Å². The van der Waals surface area contributed by atoms with E-state index in [0.717, 1.165) is 0 Å². The molecule has 0 aliphatic carbocycles. The molecule has 3 rings (SSSR count). The molecule has 1 N–H and O–H groups in total. The smallest absolute Gasteiger partial charge is 0.270 e. The fraction of sp³-hybridized carbons (Fsp3) is 0. The highest BCUT2D eigenvalue weighted by Crippen LogP contribution is 2.21. The molecule has 1 fully saturated rings. The largest absolute Gasteiger partial charge is 0.472 e. The van der Waals surface area contributed by atoms with Gasteiger partial charge in [-0.2, -0.15) is 0 Å². The van der Waals surface area contributed by atoms with Crippen molar-refractivity contribution in [2.24, 2.45) is 0 Å². The summed E-state index contributed by atoms with van der Waals surface area (Å²) in [6, 6.07) is 10.6. The number of furan rings is 1. The molecule has 1 aliphatic heterocycles. The van der Waals surface area contributed by atoms with Crippen molar-refractivity contribution in [1.82, 2.24) is 5.32 Å². The first kappa shape index (κ1) is 13.3. The molecular formula is C15H10N2O3S. The highest BCUT2D eigenvalue weighted by molar-refractivity contribution is 7.80. The topological polar surface area (TPSA) is 62.6 Å². The standard InChI is InChI=1S/C15H10N2O3S/c18-13-12(8-10-6-7-20-9-10)14(19)17(15(21)16-13)11-4-2-1-3-5-11/h1-9H,(H,16,18,21)/b12-8-. The number of anilines is 1. The molecule has 1 saturated heterocycles. The quantitative estimate of drug-likeness (QED) is 0.524. The second-order valence-electron chi connectivity index (χ2n) is 4.35. The van der Waals surface area contributed by atoms with E-state index < -0.39 is 11.8 Å². The summed E-state index contributed by atoms with van der Waals surface area (Å²) in [5, 5.41) is 2.59. The number of nitrogens with zero attached hydrogens (tertiary/aromatic N) is 1. The molecule has 0 atom stereocenters. The second-order valence-corrected chi connectivity index (χ2v) is 4.74. The molecule has 1 aliphatic rings. The number of nitrogens with one attached hydrogen (secondary N) is 1. The Bertz CT molecular complexity index is 736. The van der Waals surface area contributed by atoms with Crippen LogP contribution in [0.2, 0.25) is 0 Å². The molecule has 0 unspecified atom stereocenters. The minimum absolute atomic E-state index is 0.00820. The second kappa shape index (κ2) is 5.34. The van der Waals surface area contributed by atoms with Crippen LogP contribution in [0.25, 0.3) is 6.08 Å². The van der Waals surface area contributed by atoms with Gasteiger partial charge in [0.2, 0.25) is 0 Å². The molecule has 104 valence electrons. The number of benzene rings is 1. The Hall–Kier alpha value is -2.73. The van der Waals surface area contributed by atoms with E-state index in [1.165, 1.54) is 23.5 Å². The SMILES string of the molecule is O=C1NC(=S)N(c2ccccc2)C(=O)/C1=C\c1ccoc1. The lowest BCUT2D eigenvalue weighted by Gasteiger charge is -2.28. The van der Waals surface area contributed by atoms with E-state index in [1.54, 1.807) is 30.3 Å². The monoisotopic (exact) mass is 298 g/mol. The Labute approximate surface area is 125 Å².